The van der Waals surface area contributed by atoms with Gasteiger partial charge in [-0.25, -0.2) is 4.79 Å². The Morgan fingerprint density at radius 1 is 1.11 bits per heavy atom. The van der Waals surface area contributed by atoms with Crippen molar-refractivity contribution >= 4 is 5.97 Å². The minimum absolute atomic E-state index is 0.329. The summed E-state index contributed by atoms with van der Waals surface area (Å²) in [5, 5.41) is 17.2. The van der Waals surface area contributed by atoms with Gasteiger partial charge in [0.2, 0.25) is 0 Å². The van der Waals surface area contributed by atoms with Crippen LogP contribution in [0, 0.1) is 0 Å². The normalized spacial score (nSPS) is 11.4. The van der Waals surface area contributed by atoms with Crippen LogP contribution in [0.1, 0.15) is 46.5 Å². The summed E-state index contributed by atoms with van der Waals surface area (Å²) in [6, 6.07) is 0. The molecule has 0 aliphatic rings. The van der Waals surface area contributed by atoms with Crippen LogP contribution < -0.4 is 0 Å². The van der Waals surface area contributed by atoms with Gasteiger partial charge in [0.25, 0.3) is 0 Å². The van der Waals surface area contributed by atoms with E-state index >= 15 is 0 Å². The second-order valence-electron chi connectivity index (χ2n) is 3.71. The molecule has 0 rings (SSSR count). The van der Waals surface area contributed by atoms with Crippen LogP contribution in [0.4, 0.5) is 0 Å². The molecule has 18 heavy (non-hydrogen) atoms. The molecule has 0 aromatic heterocycles. The Morgan fingerprint density at radius 2 is 1.72 bits per heavy atom. The predicted octanol–water partition coefficient (Wildman–Crippen LogP) is 1.51. The molecule has 0 aliphatic carbocycles. The molecule has 0 amide bonds. The monoisotopic (exact) mass is 264 g/mol. The molecule has 110 valence electrons. The van der Waals surface area contributed by atoms with Crippen molar-refractivity contribution in [3.63, 3.8) is 0 Å². The van der Waals surface area contributed by atoms with Gasteiger partial charge < -0.3 is 19.7 Å². The van der Waals surface area contributed by atoms with E-state index in [9.17, 15) is 4.79 Å². The van der Waals surface area contributed by atoms with Gasteiger partial charge in [0.05, 0.1) is 13.2 Å². The minimum atomic E-state index is -1.38. The van der Waals surface area contributed by atoms with E-state index in [0.29, 0.717) is 6.61 Å². The number of carbonyl (C=O) groups excluding carboxylic acids is 1. The molecular formula is C13H28O5. The van der Waals surface area contributed by atoms with E-state index in [0.717, 1.165) is 38.9 Å². The van der Waals surface area contributed by atoms with Gasteiger partial charge in [-0.1, -0.05) is 26.2 Å². The summed E-state index contributed by atoms with van der Waals surface area (Å²) in [7, 11) is 0. The van der Waals surface area contributed by atoms with Gasteiger partial charge in [0.1, 0.15) is 0 Å². The second-order valence-corrected chi connectivity index (χ2v) is 3.71. The van der Waals surface area contributed by atoms with Crippen LogP contribution in [0.15, 0.2) is 0 Å². The lowest BCUT2D eigenvalue weighted by atomic mass is 10.2. The number of hydrogen-bond donors (Lipinski definition) is 2. The molecule has 0 saturated carbocycles. The molecule has 2 N–H and O–H groups in total. The van der Waals surface area contributed by atoms with Gasteiger partial charge >= 0.3 is 5.97 Å². The van der Waals surface area contributed by atoms with Gasteiger partial charge in [-0.05, 0) is 20.3 Å². The number of hydrogen-bond acceptors (Lipinski definition) is 5. The number of aliphatic hydroxyl groups is 2. The Kier molecular flexibility index (Phi) is 17.9. The standard InChI is InChI=1S/C9H18O4.C4H10O/c1-2-3-4-5-6-13-9(12)8(11)7-10;1-3-5-4-2/h8,10-11H,2-7H2,1H3;3-4H2,1-2H3. The lowest BCUT2D eigenvalue weighted by Gasteiger charge is -2.07. The highest BCUT2D eigenvalue weighted by molar-refractivity contribution is 5.74. The first-order valence-corrected chi connectivity index (χ1v) is 6.67. The fourth-order valence-corrected chi connectivity index (χ4v) is 1.08. The first kappa shape index (κ1) is 19.7. The van der Waals surface area contributed by atoms with Crippen LogP contribution >= 0.6 is 0 Å². The maximum absolute atomic E-state index is 10.8. The molecule has 5 nitrogen and oxygen atoms in total. The van der Waals surface area contributed by atoms with E-state index in [1.165, 1.54) is 0 Å². The van der Waals surface area contributed by atoms with Crippen LogP contribution in [0.25, 0.3) is 0 Å². The fraction of sp³-hybridized carbons (Fsp3) is 0.923. The molecule has 0 aliphatic heterocycles. The van der Waals surface area contributed by atoms with Gasteiger partial charge in [-0.3, -0.25) is 0 Å². The largest absolute Gasteiger partial charge is 0.464 e. The molecule has 0 saturated heterocycles. The molecule has 0 spiro atoms. The topological polar surface area (TPSA) is 76.0 Å². The average Bonchev–Trinajstić information content (AvgIpc) is 2.39. The Hall–Kier alpha value is -0.650. The highest BCUT2D eigenvalue weighted by Gasteiger charge is 2.14. The minimum Gasteiger partial charge on any atom is -0.464 e. The van der Waals surface area contributed by atoms with Gasteiger partial charge in [-0.2, -0.15) is 0 Å². The zero-order valence-electron chi connectivity index (χ0n) is 11.9. The first-order chi connectivity index (χ1) is 8.63. The van der Waals surface area contributed by atoms with E-state index in [-0.39, 0.29) is 0 Å². The van der Waals surface area contributed by atoms with Crippen molar-refractivity contribution in [1.82, 2.24) is 0 Å². The maximum Gasteiger partial charge on any atom is 0.337 e. The van der Waals surface area contributed by atoms with Crippen molar-refractivity contribution < 1.29 is 24.5 Å². The number of ether oxygens (including phenoxy) is 2. The van der Waals surface area contributed by atoms with E-state index in [1.54, 1.807) is 0 Å². The summed E-state index contributed by atoms with van der Waals surface area (Å²) in [6.07, 6.45) is 2.72. The molecular weight excluding hydrogens is 236 g/mol. The molecule has 0 heterocycles. The molecule has 0 aromatic rings. The lowest BCUT2D eigenvalue weighted by Crippen LogP contribution is -2.26. The Balaban J connectivity index is 0. The van der Waals surface area contributed by atoms with Gasteiger partial charge in [0.15, 0.2) is 6.10 Å². The van der Waals surface area contributed by atoms with Gasteiger partial charge in [-0.15, -0.1) is 0 Å². The third-order valence-corrected chi connectivity index (χ3v) is 2.10. The summed E-state index contributed by atoms with van der Waals surface area (Å²) in [5.41, 5.74) is 0. The summed E-state index contributed by atoms with van der Waals surface area (Å²) in [6.45, 7) is 7.52. The number of rotatable bonds is 9. The maximum atomic E-state index is 10.8. The molecule has 1 atom stereocenters. The smallest absolute Gasteiger partial charge is 0.337 e. The molecule has 0 fully saturated rings. The highest BCUT2D eigenvalue weighted by Crippen LogP contribution is 1.99. The van der Waals surface area contributed by atoms with Crippen LogP contribution in [0.5, 0.6) is 0 Å². The Labute approximate surface area is 110 Å². The van der Waals surface area contributed by atoms with Crippen molar-refractivity contribution in [3.8, 4) is 0 Å². The summed E-state index contributed by atoms with van der Waals surface area (Å²) < 4.78 is 9.53. The van der Waals surface area contributed by atoms with E-state index in [1.807, 2.05) is 13.8 Å². The van der Waals surface area contributed by atoms with Crippen molar-refractivity contribution in [2.45, 2.75) is 52.6 Å². The zero-order valence-corrected chi connectivity index (χ0v) is 11.9. The quantitative estimate of drug-likeness (QED) is 0.487. The van der Waals surface area contributed by atoms with Crippen molar-refractivity contribution in [2.75, 3.05) is 26.4 Å². The predicted molar refractivity (Wildman–Crippen MR) is 70.4 cm³/mol. The van der Waals surface area contributed by atoms with Crippen molar-refractivity contribution in [2.24, 2.45) is 0 Å². The third-order valence-electron chi connectivity index (χ3n) is 2.10. The summed E-state index contributed by atoms with van der Waals surface area (Å²) >= 11 is 0. The first-order valence-electron chi connectivity index (χ1n) is 6.67. The van der Waals surface area contributed by atoms with Crippen LogP contribution in [0.2, 0.25) is 0 Å². The number of unbranched alkanes of at least 4 members (excludes halogenated alkanes) is 3. The summed E-state index contributed by atoms with van der Waals surface area (Å²) in [5.74, 6) is -0.737. The van der Waals surface area contributed by atoms with E-state index in [2.05, 4.69) is 6.92 Å². The molecule has 5 heteroatoms. The highest BCUT2D eigenvalue weighted by atomic mass is 16.5. The Morgan fingerprint density at radius 3 is 2.11 bits per heavy atom. The molecule has 0 aromatic carbocycles. The van der Waals surface area contributed by atoms with Crippen molar-refractivity contribution in [1.29, 1.82) is 0 Å². The van der Waals surface area contributed by atoms with E-state index < -0.39 is 18.7 Å². The lowest BCUT2D eigenvalue weighted by molar-refractivity contribution is -0.155. The summed E-state index contributed by atoms with van der Waals surface area (Å²) in [4.78, 5) is 10.8. The Bertz CT molecular complexity index is 171. The second kappa shape index (κ2) is 16.4. The number of esters is 1. The molecule has 0 radical (unpaired) electrons. The van der Waals surface area contributed by atoms with Crippen LogP contribution in [-0.2, 0) is 14.3 Å². The third kappa shape index (κ3) is 15.4. The number of carbonyl (C=O) groups is 1. The fourth-order valence-electron chi connectivity index (χ4n) is 1.08. The SMILES string of the molecule is CCCCCCOC(=O)C(O)CO.CCOCC. The average molecular weight is 264 g/mol. The van der Waals surface area contributed by atoms with Crippen LogP contribution in [-0.4, -0.2) is 48.7 Å². The van der Waals surface area contributed by atoms with E-state index in [4.69, 9.17) is 19.7 Å². The van der Waals surface area contributed by atoms with Crippen LogP contribution in [0.3, 0.4) is 0 Å². The van der Waals surface area contributed by atoms with Crippen molar-refractivity contribution in [3.05, 3.63) is 0 Å². The molecule has 0 bridgehead atoms. The zero-order chi connectivity index (χ0) is 14.2. The number of aliphatic hydroxyl groups excluding tert-OH is 2. The molecule has 1 unspecified atom stereocenters. The van der Waals surface area contributed by atoms with Gasteiger partial charge in [0, 0.05) is 13.2 Å².